The normalized spacial score (nSPS) is 11.5. The van der Waals surface area contributed by atoms with E-state index >= 15 is 0 Å². The van der Waals surface area contributed by atoms with E-state index in [0.29, 0.717) is 21.7 Å². The van der Waals surface area contributed by atoms with Crippen molar-refractivity contribution >= 4 is 34.8 Å². The second-order valence-electron chi connectivity index (χ2n) is 4.49. The molecule has 0 saturated carbocycles. The van der Waals surface area contributed by atoms with Crippen LogP contribution in [-0.4, -0.2) is 17.6 Å². The highest BCUT2D eigenvalue weighted by molar-refractivity contribution is 6.37. The van der Waals surface area contributed by atoms with Gasteiger partial charge in [-0.1, -0.05) is 30.1 Å². The lowest BCUT2D eigenvalue weighted by molar-refractivity contribution is 0.467. The molecule has 1 aromatic rings. The second-order valence-corrected chi connectivity index (χ2v) is 5.31. The largest absolute Gasteiger partial charge is 0.353 e. The fourth-order valence-corrected chi connectivity index (χ4v) is 1.86. The van der Waals surface area contributed by atoms with Crippen LogP contribution in [0.5, 0.6) is 0 Å². The molecule has 0 unspecified atom stereocenters. The maximum Gasteiger partial charge on any atom is 0.161 e. The number of hydrogen-bond donors (Lipinski definition) is 2. The summed E-state index contributed by atoms with van der Waals surface area (Å²) >= 11 is 12.1. The van der Waals surface area contributed by atoms with E-state index in [1.807, 2.05) is 11.9 Å². The van der Waals surface area contributed by atoms with E-state index in [0.717, 1.165) is 6.42 Å². The average Bonchev–Trinajstić information content (AvgIpc) is 2.28. The number of halogens is 2. The van der Waals surface area contributed by atoms with Gasteiger partial charge in [-0.05, 0) is 26.3 Å². The molecule has 0 amide bonds. The van der Waals surface area contributed by atoms with E-state index in [4.69, 9.17) is 29.0 Å². The number of nitrogens with zero attached hydrogens (tertiary/aromatic N) is 2. The molecule has 0 fully saturated rings. The molecular weight excluding hydrogens is 259 g/mol. The summed E-state index contributed by atoms with van der Waals surface area (Å²) in [5, 5.41) is 0.918. The van der Waals surface area contributed by atoms with E-state index in [-0.39, 0.29) is 5.54 Å². The number of pyridine rings is 1. The lowest BCUT2D eigenvalue weighted by Gasteiger charge is -2.36. The molecule has 0 aromatic carbocycles. The van der Waals surface area contributed by atoms with Crippen LogP contribution in [0.25, 0.3) is 0 Å². The minimum absolute atomic E-state index is 0.0453. The predicted molar refractivity (Wildman–Crippen MR) is 74.8 cm³/mol. The minimum Gasteiger partial charge on any atom is -0.353 e. The summed E-state index contributed by atoms with van der Waals surface area (Å²) < 4.78 is 0. The van der Waals surface area contributed by atoms with Gasteiger partial charge in [0.05, 0.1) is 10.0 Å². The minimum atomic E-state index is -0.0453. The van der Waals surface area contributed by atoms with Crippen LogP contribution in [0.4, 0.5) is 11.6 Å². The summed E-state index contributed by atoms with van der Waals surface area (Å²) in [6.07, 6.45) is 0.968. The van der Waals surface area contributed by atoms with Crippen LogP contribution in [-0.2, 0) is 0 Å². The van der Waals surface area contributed by atoms with Gasteiger partial charge in [-0.2, -0.15) is 0 Å². The molecule has 3 N–H and O–H groups in total. The van der Waals surface area contributed by atoms with Crippen LogP contribution in [0.15, 0.2) is 6.07 Å². The Balaban J connectivity index is 3.22. The molecule has 0 radical (unpaired) electrons. The highest BCUT2D eigenvalue weighted by Crippen LogP contribution is 2.34. The number of anilines is 2. The summed E-state index contributed by atoms with van der Waals surface area (Å²) in [6.45, 7) is 6.35. The van der Waals surface area contributed by atoms with Gasteiger partial charge in [0.2, 0.25) is 0 Å². The molecule has 0 saturated heterocycles. The van der Waals surface area contributed by atoms with Crippen LogP contribution in [0.1, 0.15) is 27.2 Å². The van der Waals surface area contributed by atoms with Gasteiger partial charge < -0.3 is 10.3 Å². The third-order valence-corrected chi connectivity index (χ3v) is 3.70. The smallest absolute Gasteiger partial charge is 0.161 e. The molecule has 0 aliphatic rings. The Kier molecular flexibility index (Phi) is 4.47. The monoisotopic (exact) mass is 276 g/mol. The average molecular weight is 277 g/mol. The van der Waals surface area contributed by atoms with Crippen LogP contribution in [0, 0.1) is 0 Å². The van der Waals surface area contributed by atoms with E-state index in [2.05, 4.69) is 31.2 Å². The maximum absolute atomic E-state index is 6.16. The Morgan fingerprint density at radius 1 is 1.41 bits per heavy atom. The molecule has 1 rings (SSSR count). The third-order valence-electron chi connectivity index (χ3n) is 3.14. The molecule has 6 heteroatoms. The SMILES string of the molecule is CCC(C)(C)N(C)c1nc(NN)c(Cl)cc1Cl. The Labute approximate surface area is 112 Å². The van der Waals surface area contributed by atoms with Crippen molar-refractivity contribution in [3.05, 3.63) is 16.1 Å². The first-order chi connectivity index (χ1) is 7.83. The zero-order valence-corrected chi connectivity index (χ0v) is 12.0. The second kappa shape index (κ2) is 5.29. The van der Waals surface area contributed by atoms with Crippen LogP contribution in [0.3, 0.4) is 0 Å². The van der Waals surface area contributed by atoms with Gasteiger partial charge >= 0.3 is 0 Å². The van der Waals surface area contributed by atoms with Crippen molar-refractivity contribution in [1.29, 1.82) is 0 Å². The first-order valence-electron chi connectivity index (χ1n) is 5.40. The van der Waals surface area contributed by atoms with Gasteiger partial charge in [0.1, 0.15) is 5.82 Å². The maximum atomic E-state index is 6.16. The number of nitrogen functional groups attached to an aromatic ring is 1. The van der Waals surface area contributed by atoms with Crippen molar-refractivity contribution in [3.8, 4) is 0 Å². The predicted octanol–water partition coefficient (Wildman–Crippen LogP) is 3.30. The molecule has 0 atom stereocenters. The molecule has 17 heavy (non-hydrogen) atoms. The molecule has 0 bridgehead atoms. The van der Waals surface area contributed by atoms with Gasteiger partial charge in [0.15, 0.2) is 5.82 Å². The van der Waals surface area contributed by atoms with E-state index in [9.17, 15) is 0 Å². The van der Waals surface area contributed by atoms with Crippen molar-refractivity contribution in [3.63, 3.8) is 0 Å². The number of hydrogen-bond acceptors (Lipinski definition) is 4. The Morgan fingerprint density at radius 3 is 2.47 bits per heavy atom. The highest BCUT2D eigenvalue weighted by Gasteiger charge is 2.25. The Hall–Kier alpha value is -0.710. The van der Waals surface area contributed by atoms with Gasteiger partial charge in [0.25, 0.3) is 0 Å². The standard InChI is InChI=1S/C11H18Cl2N4/c1-5-11(2,3)17(4)10-8(13)6-7(12)9(15-10)16-14/h6H,5,14H2,1-4H3,(H,15,16). The quantitative estimate of drug-likeness (QED) is 0.655. The zero-order chi connectivity index (χ0) is 13.2. The topological polar surface area (TPSA) is 54.2 Å². The van der Waals surface area contributed by atoms with Gasteiger partial charge in [0, 0.05) is 12.6 Å². The summed E-state index contributed by atoms with van der Waals surface area (Å²) in [7, 11) is 1.95. The fourth-order valence-electron chi connectivity index (χ4n) is 1.32. The summed E-state index contributed by atoms with van der Waals surface area (Å²) in [4.78, 5) is 6.35. The van der Waals surface area contributed by atoms with Gasteiger partial charge in [-0.15, -0.1) is 0 Å². The number of nitrogens with two attached hydrogens (primary N) is 1. The summed E-state index contributed by atoms with van der Waals surface area (Å²) in [5.74, 6) is 6.44. The Morgan fingerprint density at radius 2 is 2.00 bits per heavy atom. The number of nitrogens with one attached hydrogen (secondary N) is 1. The molecule has 0 spiro atoms. The van der Waals surface area contributed by atoms with Crippen LogP contribution in [0.2, 0.25) is 10.0 Å². The van der Waals surface area contributed by atoms with E-state index in [1.165, 1.54) is 0 Å². The Bertz CT molecular complexity index is 407. The first-order valence-corrected chi connectivity index (χ1v) is 6.15. The molecule has 0 aliphatic carbocycles. The lowest BCUT2D eigenvalue weighted by Crippen LogP contribution is -2.41. The van der Waals surface area contributed by atoms with Crippen molar-refractivity contribution in [1.82, 2.24) is 4.98 Å². The summed E-state index contributed by atoms with van der Waals surface area (Å²) in [5.41, 5.74) is 2.41. The van der Waals surface area contributed by atoms with Crippen molar-refractivity contribution < 1.29 is 0 Å². The number of hydrazine groups is 1. The molecule has 1 aromatic heterocycles. The van der Waals surface area contributed by atoms with Gasteiger partial charge in [-0.25, -0.2) is 10.8 Å². The van der Waals surface area contributed by atoms with Crippen molar-refractivity contribution in [2.45, 2.75) is 32.7 Å². The zero-order valence-electron chi connectivity index (χ0n) is 10.5. The molecule has 4 nitrogen and oxygen atoms in total. The lowest BCUT2D eigenvalue weighted by atomic mass is 10.00. The third kappa shape index (κ3) is 2.94. The molecular formula is C11H18Cl2N4. The molecule has 96 valence electrons. The number of rotatable bonds is 4. The highest BCUT2D eigenvalue weighted by atomic mass is 35.5. The first kappa shape index (κ1) is 14.4. The number of aromatic nitrogens is 1. The summed E-state index contributed by atoms with van der Waals surface area (Å²) in [6, 6.07) is 1.64. The van der Waals surface area contributed by atoms with Gasteiger partial charge in [-0.3, -0.25) is 0 Å². The molecule has 0 aliphatic heterocycles. The van der Waals surface area contributed by atoms with Crippen LogP contribution < -0.4 is 16.2 Å². The van der Waals surface area contributed by atoms with Crippen molar-refractivity contribution in [2.75, 3.05) is 17.4 Å². The van der Waals surface area contributed by atoms with E-state index < -0.39 is 0 Å². The fraction of sp³-hybridized carbons (Fsp3) is 0.545. The van der Waals surface area contributed by atoms with Crippen LogP contribution >= 0.6 is 23.2 Å². The van der Waals surface area contributed by atoms with E-state index in [1.54, 1.807) is 6.07 Å². The van der Waals surface area contributed by atoms with Crippen molar-refractivity contribution in [2.24, 2.45) is 5.84 Å². The molecule has 1 heterocycles.